The number of nitrogens with zero attached hydrogens (tertiary/aromatic N) is 3. The Balaban J connectivity index is 1.93. The summed E-state index contributed by atoms with van der Waals surface area (Å²) in [6.45, 7) is 6.16. The van der Waals surface area contributed by atoms with Gasteiger partial charge in [0.1, 0.15) is 18.2 Å². The molecule has 2 aromatic carbocycles. The minimum atomic E-state index is -0.481. The van der Waals surface area contributed by atoms with Crippen LogP contribution in [0.1, 0.15) is 34.2 Å². The molecule has 0 atom stereocenters. The number of aryl methyl sites for hydroxylation is 2. The molecule has 0 bridgehead atoms. The minimum Gasteiger partial charge on any atom is -0.490 e. The van der Waals surface area contributed by atoms with Crippen LogP contribution in [-0.2, 0) is 6.61 Å². The maximum atomic E-state index is 12.8. The monoisotopic (exact) mass is 561 g/mol. The Kier molecular flexibility index (Phi) is 7.94. The highest BCUT2D eigenvalue weighted by Crippen LogP contribution is 2.36. The molecule has 0 aliphatic carbocycles. The summed E-state index contributed by atoms with van der Waals surface area (Å²) in [7, 11) is 0. The second-order valence-corrected chi connectivity index (χ2v) is 8.53. The topological polar surface area (TPSA) is 77.1 Å². The first-order valence-corrected chi connectivity index (χ1v) is 11.3. The van der Waals surface area contributed by atoms with Gasteiger partial charge in [-0.05, 0) is 79.3 Å². The number of aromatic nitrogens is 2. The van der Waals surface area contributed by atoms with Crippen LogP contribution in [0, 0.1) is 28.7 Å². The van der Waals surface area contributed by atoms with Crippen molar-refractivity contribution < 1.29 is 14.3 Å². The van der Waals surface area contributed by atoms with E-state index in [1.165, 1.54) is 10.8 Å². The number of carbonyl (C=O) groups is 1. The Morgan fingerprint density at radius 3 is 2.62 bits per heavy atom. The van der Waals surface area contributed by atoms with Gasteiger partial charge in [-0.25, -0.2) is 4.68 Å². The van der Waals surface area contributed by atoms with Gasteiger partial charge >= 0.3 is 0 Å². The van der Waals surface area contributed by atoms with Crippen molar-refractivity contribution >= 4 is 46.2 Å². The van der Waals surface area contributed by atoms with Crippen LogP contribution in [0.3, 0.4) is 0 Å². The van der Waals surface area contributed by atoms with E-state index in [0.717, 1.165) is 9.13 Å². The maximum Gasteiger partial charge on any atom is 0.289 e. The second kappa shape index (κ2) is 10.7. The van der Waals surface area contributed by atoms with Crippen LogP contribution in [0.4, 0.5) is 0 Å². The molecule has 3 rings (SSSR count). The zero-order valence-electron chi connectivity index (χ0n) is 17.9. The van der Waals surface area contributed by atoms with Crippen molar-refractivity contribution in [3.63, 3.8) is 0 Å². The number of nitriles is 1. The largest absolute Gasteiger partial charge is 0.490 e. The van der Waals surface area contributed by atoms with Gasteiger partial charge in [-0.2, -0.15) is 10.4 Å². The molecule has 6 nitrogen and oxygen atoms in total. The van der Waals surface area contributed by atoms with Crippen LogP contribution in [0.5, 0.6) is 11.5 Å². The molecule has 0 fully saturated rings. The smallest absolute Gasteiger partial charge is 0.289 e. The summed E-state index contributed by atoms with van der Waals surface area (Å²) in [6.07, 6.45) is 1.53. The van der Waals surface area contributed by atoms with E-state index >= 15 is 0 Å². The number of halogens is 2. The third-order valence-corrected chi connectivity index (χ3v) is 5.70. The van der Waals surface area contributed by atoms with E-state index in [2.05, 4.69) is 27.7 Å². The first-order chi connectivity index (χ1) is 15.3. The van der Waals surface area contributed by atoms with Crippen molar-refractivity contribution in [2.45, 2.75) is 27.4 Å². The first kappa shape index (κ1) is 23.8. The number of ether oxygens (including phenoxy) is 2. The van der Waals surface area contributed by atoms with Gasteiger partial charge in [0, 0.05) is 16.3 Å². The fourth-order valence-corrected chi connectivity index (χ4v) is 4.07. The summed E-state index contributed by atoms with van der Waals surface area (Å²) in [5.41, 5.74) is 2.86. The maximum absolute atomic E-state index is 12.8. The lowest BCUT2D eigenvalue weighted by atomic mass is 10.1. The van der Waals surface area contributed by atoms with Crippen molar-refractivity contribution in [1.29, 1.82) is 5.26 Å². The van der Waals surface area contributed by atoms with Gasteiger partial charge in [0.2, 0.25) is 0 Å². The molecule has 0 unspecified atom stereocenters. The molecule has 3 aromatic rings. The molecule has 1 heterocycles. The number of hydrogen-bond acceptors (Lipinski definition) is 5. The summed E-state index contributed by atoms with van der Waals surface area (Å²) in [4.78, 5) is 12.8. The zero-order valence-corrected chi connectivity index (χ0v) is 20.8. The minimum absolute atomic E-state index is 0.0285. The number of allylic oxidation sites excluding steroid dienone is 1. The Morgan fingerprint density at radius 2 is 2.00 bits per heavy atom. The lowest BCUT2D eigenvalue weighted by molar-refractivity contribution is 0.0943. The molecular weight excluding hydrogens is 541 g/mol. The third-order valence-electron chi connectivity index (χ3n) is 4.53. The molecular formula is C24H21ClIN3O3. The summed E-state index contributed by atoms with van der Waals surface area (Å²) in [5.74, 6) is 0.617. The van der Waals surface area contributed by atoms with Crippen LogP contribution >= 0.6 is 34.2 Å². The molecule has 0 aliphatic heterocycles. The molecule has 0 saturated carbocycles. The van der Waals surface area contributed by atoms with Gasteiger partial charge < -0.3 is 9.47 Å². The van der Waals surface area contributed by atoms with Gasteiger partial charge in [0.25, 0.3) is 5.91 Å². The SMILES string of the molecule is CCOc1cc(/C=C(\C#N)C(=O)n2nc(C)cc2C)cc(I)c1OCc1ccccc1Cl. The lowest BCUT2D eigenvalue weighted by Crippen LogP contribution is -2.15. The van der Waals surface area contributed by atoms with Crippen LogP contribution < -0.4 is 9.47 Å². The molecule has 164 valence electrons. The Bertz CT molecular complexity index is 1230. The van der Waals surface area contributed by atoms with Gasteiger partial charge in [0.05, 0.1) is 15.9 Å². The molecule has 32 heavy (non-hydrogen) atoms. The summed E-state index contributed by atoms with van der Waals surface area (Å²) in [5, 5.41) is 14.4. The van der Waals surface area contributed by atoms with Crippen LogP contribution in [0.2, 0.25) is 5.02 Å². The highest BCUT2D eigenvalue weighted by atomic mass is 127. The quantitative estimate of drug-likeness (QED) is 0.201. The standard InChI is InChI=1S/C24H21ClIN3O3/c1-4-31-22-12-17(10-19(13-27)24(30)29-16(3)9-15(2)28-29)11-21(26)23(22)32-14-18-7-5-6-8-20(18)25/h5-12H,4,14H2,1-3H3/b19-10+. The third kappa shape index (κ3) is 5.50. The van der Waals surface area contributed by atoms with Crippen molar-refractivity contribution in [2.24, 2.45) is 0 Å². The fourth-order valence-electron chi connectivity index (χ4n) is 3.10. The van der Waals surface area contributed by atoms with Crippen molar-refractivity contribution in [2.75, 3.05) is 6.61 Å². The second-order valence-electron chi connectivity index (χ2n) is 6.96. The molecule has 0 N–H and O–H groups in total. The molecule has 0 aliphatic rings. The average Bonchev–Trinajstić information content (AvgIpc) is 3.10. The van der Waals surface area contributed by atoms with Crippen molar-refractivity contribution in [3.8, 4) is 17.6 Å². The van der Waals surface area contributed by atoms with E-state index in [-0.39, 0.29) is 12.2 Å². The summed E-state index contributed by atoms with van der Waals surface area (Å²) < 4.78 is 13.8. The average molecular weight is 562 g/mol. The molecule has 0 radical (unpaired) electrons. The predicted octanol–water partition coefficient (Wildman–Crippen LogP) is 5.98. The first-order valence-electron chi connectivity index (χ1n) is 9.86. The van der Waals surface area contributed by atoms with E-state index in [1.54, 1.807) is 26.0 Å². The van der Waals surface area contributed by atoms with E-state index in [4.69, 9.17) is 21.1 Å². The van der Waals surface area contributed by atoms with Crippen molar-refractivity contribution in [3.05, 3.63) is 79.1 Å². The normalized spacial score (nSPS) is 11.2. The lowest BCUT2D eigenvalue weighted by Gasteiger charge is -2.15. The number of hydrogen-bond donors (Lipinski definition) is 0. The molecule has 0 spiro atoms. The zero-order chi connectivity index (χ0) is 23.3. The van der Waals surface area contributed by atoms with Gasteiger partial charge in [-0.3, -0.25) is 4.79 Å². The molecule has 0 amide bonds. The highest BCUT2D eigenvalue weighted by molar-refractivity contribution is 14.1. The molecule has 8 heteroatoms. The van der Waals surface area contributed by atoms with Crippen molar-refractivity contribution in [1.82, 2.24) is 9.78 Å². The van der Waals surface area contributed by atoms with E-state index in [0.29, 0.717) is 40.1 Å². The van der Waals surface area contributed by atoms with Crippen LogP contribution in [0.25, 0.3) is 6.08 Å². The summed E-state index contributed by atoms with van der Waals surface area (Å²) in [6, 6.07) is 14.8. The Morgan fingerprint density at radius 1 is 1.25 bits per heavy atom. The van der Waals surface area contributed by atoms with Crippen LogP contribution in [-0.4, -0.2) is 22.3 Å². The number of benzene rings is 2. The van der Waals surface area contributed by atoms with E-state index in [1.807, 2.05) is 43.3 Å². The van der Waals surface area contributed by atoms with Gasteiger partial charge in [-0.15, -0.1) is 0 Å². The van der Waals surface area contributed by atoms with E-state index < -0.39 is 5.91 Å². The van der Waals surface area contributed by atoms with Gasteiger partial charge in [0.15, 0.2) is 11.5 Å². The highest BCUT2D eigenvalue weighted by Gasteiger charge is 2.17. The predicted molar refractivity (Wildman–Crippen MR) is 132 cm³/mol. The fraction of sp³-hybridized carbons (Fsp3) is 0.208. The Hall–Kier alpha value is -2.83. The summed E-state index contributed by atoms with van der Waals surface area (Å²) >= 11 is 8.38. The van der Waals surface area contributed by atoms with Gasteiger partial charge in [-0.1, -0.05) is 29.8 Å². The number of carbonyl (C=O) groups excluding carboxylic acids is 1. The van der Waals surface area contributed by atoms with E-state index in [9.17, 15) is 10.1 Å². The molecule has 0 saturated heterocycles. The molecule has 1 aromatic heterocycles. The Labute approximate surface area is 205 Å². The number of rotatable bonds is 7. The van der Waals surface area contributed by atoms with Crippen LogP contribution in [0.15, 0.2) is 48.0 Å².